The van der Waals surface area contributed by atoms with Gasteiger partial charge in [-0.3, -0.25) is 9.59 Å². The number of hydrogen-bond donors (Lipinski definition) is 1. The molecule has 172 valence electrons. The predicted octanol–water partition coefficient (Wildman–Crippen LogP) is 5.09. The van der Waals surface area contributed by atoms with Crippen molar-refractivity contribution >= 4 is 11.8 Å². The Labute approximate surface area is 197 Å². The Morgan fingerprint density at radius 2 is 1.36 bits per heavy atom. The summed E-state index contributed by atoms with van der Waals surface area (Å²) >= 11 is 0. The summed E-state index contributed by atoms with van der Waals surface area (Å²) in [4.78, 5) is 28.6. The van der Waals surface area contributed by atoms with Gasteiger partial charge in [0.2, 0.25) is 11.8 Å². The Morgan fingerprint density at radius 3 is 1.94 bits per heavy atom. The number of carbonyl (C=O) groups is 2. The second kappa shape index (κ2) is 12.0. The molecular formula is C29H34N2O2. The van der Waals surface area contributed by atoms with Crippen molar-refractivity contribution in [3.8, 4) is 0 Å². The van der Waals surface area contributed by atoms with Gasteiger partial charge >= 0.3 is 0 Å². The summed E-state index contributed by atoms with van der Waals surface area (Å²) in [6.07, 6.45) is 1.48. The van der Waals surface area contributed by atoms with E-state index < -0.39 is 6.04 Å². The minimum absolute atomic E-state index is 0.00332. The van der Waals surface area contributed by atoms with Crippen molar-refractivity contribution in [2.24, 2.45) is 0 Å². The molecule has 0 radical (unpaired) electrons. The third kappa shape index (κ3) is 7.60. The Bertz CT molecular complexity index is 1010. The van der Waals surface area contributed by atoms with Gasteiger partial charge in [0.25, 0.3) is 0 Å². The number of amides is 2. The molecule has 2 amide bonds. The lowest BCUT2D eigenvalue weighted by Crippen LogP contribution is -2.51. The van der Waals surface area contributed by atoms with Gasteiger partial charge in [0, 0.05) is 25.4 Å². The zero-order valence-corrected chi connectivity index (χ0v) is 19.8. The van der Waals surface area contributed by atoms with Gasteiger partial charge in [0.05, 0.1) is 0 Å². The van der Waals surface area contributed by atoms with Crippen molar-refractivity contribution in [3.05, 3.63) is 107 Å². The largest absolute Gasteiger partial charge is 0.352 e. The highest BCUT2D eigenvalue weighted by Gasteiger charge is 2.30. The average Bonchev–Trinajstić information content (AvgIpc) is 2.82. The molecule has 0 saturated heterocycles. The van der Waals surface area contributed by atoms with E-state index in [1.807, 2.05) is 106 Å². The summed E-state index contributed by atoms with van der Waals surface area (Å²) < 4.78 is 0. The first-order valence-electron chi connectivity index (χ1n) is 11.7. The number of hydrogen-bond acceptors (Lipinski definition) is 2. The Morgan fingerprint density at radius 1 is 0.788 bits per heavy atom. The molecule has 0 unspecified atom stereocenters. The van der Waals surface area contributed by atoms with Crippen LogP contribution in [0.15, 0.2) is 84.9 Å². The van der Waals surface area contributed by atoms with E-state index in [0.717, 1.165) is 16.7 Å². The van der Waals surface area contributed by atoms with Crippen LogP contribution in [0, 0.1) is 6.92 Å². The van der Waals surface area contributed by atoms with Crippen LogP contribution in [0.2, 0.25) is 0 Å². The van der Waals surface area contributed by atoms with Crippen LogP contribution in [-0.2, 0) is 29.0 Å². The first kappa shape index (κ1) is 24.2. The summed E-state index contributed by atoms with van der Waals surface area (Å²) in [6.45, 7) is 6.33. The van der Waals surface area contributed by atoms with Crippen LogP contribution in [0.4, 0.5) is 0 Å². The molecule has 0 aliphatic rings. The highest BCUT2D eigenvalue weighted by Crippen LogP contribution is 2.17. The quantitative estimate of drug-likeness (QED) is 0.475. The lowest BCUT2D eigenvalue weighted by atomic mass is 10.0. The fourth-order valence-corrected chi connectivity index (χ4v) is 3.86. The number of benzene rings is 3. The molecule has 1 atom stereocenters. The van der Waals surface area contributed by atoms with Gasteiger partial charge in [-0.1, -0.05) is 90.5 Å². The van der Waals surface area contributed by atoms with Crippen molar-refractivity contribution in [1.82, 2.24) is 10.2 Å². The van der Waals surface area contributed by atoms with E-state index in [2.05, 4.69) is 5.32 Å². The summed E-state index contributed by atoms with van der Waals surface area (Å²) in [5, 5.41) is 3.03. The fraction of sp³-hybridized carbons (Fsp3) is 0.310. The molecule has 3 aromatic carbocycles. The van der Waals surface area contributed by atoms with E-state index in [0.29, 0.717) is 25.8 Å². The monoisotopic (exact) mass is 442 g/mol. The first-order chi connectivity index (χ1) is 15.9. The third-order valence-electron chi connectivity index (χ3n) is 5.65. The SMILES string of the molecule is Cc1ccc(CN(C(=O)CCc2ccccc2)[C@H](Cc2ccccc2)C(=O)NC(C)C)cc1. The second-order valence-corrected chi connectivity index (χ2v) is 8.86. The maximum Gasteiger partial charge on any atom is 0.243 e. The maximum atomic E-state index is 13.6. The summed E-state index contributed by atoms with van der Waals surface area (Å²) in [7, 11) is 0. The number of nitrogens with one attached hydrogen (secondary N) is 1. The van der Waals surface area contributed by atoms with Crippen LogP contribution in [0.25, 0.3) is 0 Å². The van der Waals surface area contributed by atoms with Crippen LogP contribution < -0.4 is 5.32 Å². The summed E-state index contributed by atoms with van der Waals surface area (Å²) in [6, 6.07) is 27.5. The predicted molar refractivity (Wildman–Crippen MR) is 134 cm³/mol. The third-order valence-corrected chi connectivity index (χ3v) is 5.65. The fourth-order valence-electron chi connectivity index (χ4n) is 3.86. The molecule has 4 heteroatoms. The molecule has 33 heavy (non-hydrogen) atoms. The van der Waals surface area contributed by atoms with Crippen LogP contribution in [-0.4, -0.2) is 28.8 Å². The molecule has 0 spiro atoms. The van der Waals surface area contributed by atoms with Gasteiger partial charge in [-0.2, -0.15) is 0 Å². The van der Waals surface area contributed by atoms with Gasteiger partial charge in [0.15, 0.2) is 0 Å². The average molecular weight is 443 g/mol. The van der Waals surface area contributed by atoms with Gasteiger partial charge in [0.1, 0.15) is 6.04 Å². The maximum absolute atomic E-state index is 13.6. The highest BCUT2D eigenvalue weighted by atomic mass is 16.2. The zero-order chi connectivity index (χ0) is 23.6. The van der Waals surface area contributed by atoms with Gasteiger partial charge < -0.3 is 10.2 Å². The van der Waals surface area contributed by atoms with Crippen molar-refractivity contribution in [2.75, 3.05) is 0 Å². The van der Waals surface area contributed by atoms with Crippen LogP contribution >= 0.6 is 0 Å². The van der Waals surface area contributed by atoms with Crippen molar-refractivity contribution < 1.29 is 9.59 Å². The van der Waals surface area contributed by atoms with E-state index in [1.165, 1.54) is 5.56 Å². The molecular weight excluding hydrogens is 408 g/mol. The van der Waals surface area contributed by atoms with Crippen molar-refractivity contribution in [2.45, 2.75) is 58.7 Å². The second-order valence-electron chi connectivity index (χ2n) is 8.86. The van der Waals surface area contributed by atoms with E-state index in [9.17, 15) is 9.59 Å². The molecule has 0 bridgehead atoms. The lowest BCUT2D eigenvalue weighted by Gasteiger charge is -2.32. The molecule has 0 aliphatic carbocycles. The molecule has 3 aromatic rings. The molecule has 0 heterocycles. The number of carbonyl (C=O) groups excluding carboxylic acids is 2. The van der Waals surface area contributed by atoms with E-state index in [1.54, 1.807) is 4.90 Å². The van der Waals surface area contributed by atoms with Crippen molar-refractivity contribution in [1.29, 1.82) is 0 Å². The lowest BCUT2D eigenvalue weighted by molar-refractivity contribution is -0.141. The van der Waals surface area contributed by atoms with E-state index in [4.69, 9.17) is 0 Å². The van der Waals surface area contributed by atoms with Gasteiger partial charge in [-0.05, 0) is 43.9 Å². The summed E-state index contributed by atoms with van der Waals surface area (Å²) in [5.74, 6) is -0.131. The smallest absolute Gasteiger partial charge is 0.243 e. The standard InChI is InChI=1S/C29H34N2O2/c1-22(2)30-29(33)27(20-25-12-8-5-9-13-25)31(21-26-16-14-23(3)15-17-26)28(32)19-18-24-10-6-4-7-11-24/h4-17,22,27H,18-21H2,1-3H3,(H,30,33)/t27-/m1/s1. The van der Waals surface area contributed by atoms with Crippen LogP contribution in [0.5, 0.6) is 0 Å². The minimum atomic E-state index is -0.584. The topological polar surface area (TPSA) is 49.4 Å². The molecule has 4 nitrogen and oxygen atoms in total. The molecule has 0 fully saturated rings. The van der Waals surface area contributed by atoms with Crippen LogP contribution in [0.3, 0.4) is 0 Å². The normalized spacial score (nSPS) is 11.8. The Hall–Kier alpha value is -3.40. The first-order valence-corrected chi connectivity index (χ1v) is 11.7. The molecule has 1 N–H and O–H groups in total. The molecule has 0 aliphatic heterocycles. The zero-order valence-electron chi connectivity index (χ0n) is 19.8. The van der Waals surface area contributed by atoms with Gasteiger partial charge in [-0.25, -0.2) is 0 Å². The molecule has 3 rings (SSSR count). The minimum Gasteiger partial charge on any atom is -0.352 e. The Balaban J connectivity index is 1.89. The van der Waals surface area contributed by atoms with E-state index in [-0.39, 0.29) is 17.9 Å². The highest BCUT2D eigenvalue weighted by molar-refractivity contribution is 5.88. The number of aryl methyl sites for hydroxylation is 2. The van der Waals surface area contributed by atoms with E-state index >= 15 is 0 Å². The van der Waals surface area contributed by atoms with Crippen LogP contribution in [0.1, 0.15) is 42.5 Å². The molecule has 0 aromatic heterocycles. The van der Waals surface area contributed by atoms with Crippen molar-refractivity contribution in [3.63, 3.8) is 0 Å². The number of nitrogens with zero attached hydrogens (tertiary/aromatic N) is 1. The van der Waals surface area contributed by atoms with Gasteiger partial charge in [-0.15, -0.1) is 0 Å². The number of rotatable bonds is 10. The molecule has 0 saturated carbocycles. The summed E-state index contributed by atoms with van der Waals surface area (Å²) in [5.41, 5.74) is 4.33. The Kier molecular flexibility index (Phi) is 8.82.